The molecular formula is C26H22N4O4S. The number of Topliss-reactive ketones (excluding diaryl/α,β-unsaturated/α-hetero) is 1. The minimum Gasteiger partial charge on any atom is -0.495 e. The lowest BCUT2D eigenvalue weighted by molar-refractivity contribution is 0.0982. The molecule has 0 radical (unpaired) electrons. The number of benzene rings is 2. The third kappa shape index (κ3) is 4.45. The highest BCUT2D eigenvalue weighted by molar-refractivity contribution is 7.91. The number of sulfone groups is 1. The van der Waals surface area contributed by atoms with Gasteiger partial charge in [-0.25, -0.2) is 18.1 Å². The molecule has 0 N–H and O–H groups in total. The monoisotopic (exact) mass is 486 g/mol. The number of ether oxygens (including phenoxy) is 1. The number of methoxy groups -OCH3 is 1. The lowest BCUT2D eigenvalue weighted by Crippen LogP contribution is -2.06. The van der Waals surface area contributed by atoms with Gasteiger partial charge >= 0.3 is 0 Å². The van der Waals surface area contributed by atoms with Crippen LogP contribution in [0.4, 0.5) is 0 Å². The summed E-state index contributed by atoms with van der Waals surface area (Å²) in [4.78, 5) is 17.0. The molecule has 0 aliphatic carbocycles. The Morgan fingerprint density at radius 1 is 1.00 bits per heavy atom. The van der Waals surface area contributed by atoms with Gasteiger partial charge in [0.2, 0.25) is 9.84 Å². The lowest BCUT2D eigenvalue weighted by atomic mass is 10.0. The normalized spacial score (nSPS) is 11.6. The Labute approximate surface area is 202 Å². The van der Waals surface area contributed by atoms with E-state index in [1.54, 1.807) is 84.2 Å². The van der Waals surface area contributed by atoms with Crippen molar-refractivity contribution in [2.75, 3.05) is 7.11 Å². The van der Waals surface area contributed by atoms with Crippen LogP contribution in [-0.2, 0) is 16.3 Å². The van der Waals surface area contributed by atoms with Gasteiger partial charge in [0, 0.05) is 49.0 Å². The second kappa shape index (κ2) is 9.19. The van der Waals surface area contributed by atoms with Crippen molar-refractivity contribution in [2.24, 2.45) is 0 Å². The van der Waals surface area contributed by atoms with Gasteiger partial charge in [-0.05, 0) is 54.4 Å². The van der Waals surface area contributed by atoms with Gasteiger partial charge in [-0.15, -0.1) is 0 Å². The number of carbonyl (C=O) groups excluding carboxylic acids is 1. The zero-order chi connectivity index (χ0) is 24.4. The zero-order valence-corrected chi connectivity index (χ0v) is 19.7. The summed E-state index contributed by atoms with van der Waals surface area (Å²) in [7, 11) is -2.37. The SMILES string of the molecule is COc1cc(-n2cccn2)ccc1S(=O)(=O)c1ccc(CCC(=O)c2ccc3nccn3c2)cc1. The summed E-state index contributed by atoms with van der Waals surface area (Å²) in [5.41, 5.74) is 2.96. The highest BCUT2D eigenvalue weighted by Crippen LogP contribution is 2.31. The minimum atomic E-state index is -3.80. The van der Waals surface area contributed by atoms with E-state index in [0.717, 1.165) is 11.2 Å². The van der Waals surface area contributed by atoms with Gasteiger partial charge in [0.25, 0.3) is 0 Å². The third-order valence-electron chi connectivity index (χ3n) is 5.79. The van der Waals surface area contributed by atoms with Gasteiger partial charge in [-0.2, -0.15) is 5.10 Å². The number of aryl methyl sites for hydroxylation is 1. The maximum absolute atomic E-state index is 13.3. The van der Waals surface area contributed by atoms with Crippen LogP contribution in [0.25, 0.3) is 11.3 Å². The van der Waals surface area contributed by atoms with Crippen molar-refractivity contribution < 1.29 is 17.9 Å². The van der Waals surface area contributed by atoms with Crippen LogP contribution >= 0.6 is 0 Å². The Hall–Kier alpha value is -4.24. The second-order valence-electron chi connectivity index (χ2n) is 7.97. The fourth-order valence-corrected chi connectivity index (χ4v) is 5.29. The van der Waals surface area contributed by atoms with Crippen molar-refractivity contribution in [1.82, 2.24) is 19.2 Å². The number of ketones is 1. The molecule has 0 amide bonds. The smallest absolute Gasteiger partial charge is 0.210 e. The average molecular weight is 487 g/mol. The number of hydrogen-bond acceptors (Lipinski definition) is 6. The molecular weight excluding hydrogens is 464 g/mol. The standard InChI is InChI=1S/C26H22N4O4S/c1-34-24-17-21(30-15-2-13-28-30)7-11-25(24)35(32,33)22-8-3-19(4-9-22)5-10-23(31)20-6-12-26-27-14-16-29(26)18-20/h2-4,6-9,11-18H,5,10H2,1H3. The maximum Gasteiger partial charge on any atom is 0.210 e. The number of aromatic nitrogens is 4. The van der Waals surface area contributed by atoms with Crippen LogP contribution in [-0.4, -0.2) is 40.5 Å². The van der Waals surface area contributed by atoms with Crippen LogP contribution in [0.3, 0.4) is 0 Å². The first-order valence-electron chi connectivity index (χ1n) is 10.9. The molecule has 2 aromatic carbocycles. The quantitative estimate of drug-likeness (QED) is 0.306. The van der Waals surface area contributed by atoms with E-state index in [1.807, 2.05) is 10.5 Å². The lowest BCUT2D eigenvalue weighted by Gasteiger charge is -2.12. The van der Waals surface area contributed by atoms with Crippen LogP contribution in [0.1, 0.15) is 22.3 Å². The first-order chi connectivity index (χ1) is 17.0. The molecule has 5 aromatic rings. The molecule has 5 rings (SSSR count). The number of fused-ring (bicyclic) bond motifs is 1. The molecule has 0 atom stereocenters. The summed E-state index contributed by atoms with van der Waals surface area (Å²) in [6.07, 6.45) is 9.48. The molecule has 9 heteroatoms. The summed E-state index contributed by atoms with van der Waals surface area (Å²) in [5.74, 6) is 0.252. The predicted octanol–water partition coefficient (Wildman–Crippen LogP) is 4.18. The molecule has 0 aliphatic rings. The van der Waals surface area contributed by atoms with Gasteiger partial charge in [-0.1, -0.05) is 12.1 Å². The fraction of sp³-hybridized carbons (Fsp3) is 0.115. The summed E-state index contributed by atoms with van der Waals surface area (Å²) in [5, 5.41) is 4.17. The molecule has 0 saturated carbocycles. The van der Waals surface area contributed by atoms with E-state index in [9.17, 15) is 13.2 Å². The van der Waals surface area contributed by atoms with Crippen LogP contribution in [0.5, 0.6) is 5.75 Å². The Morgan fingerprint density at radius 2 is 1.83 bits per heavy atom. The van der Waals surface area contributed by atoms with E-state index in [-0.39, 0.29) is 21.3 Å². The van der Waals surface area contributed by atoms with E-state index >= 15 is 0 Å². The van der Waals surface area contributed by atoms with Crippen molar-refractivity contribution in [3.63, 3.8) is 0 Å². The van der Waals surface area contributed by atoms with Crippen molar-refractivity contribution in [1.29, 1.82) is 0 Å². The highest BCUT2D eigenvalue weighted by Gasteiger charge is 2.23. The molecule has 0 bridgehead atoms. The van der Waals surface area contributed by atoms with E-state index in [2.05, 4.69) is 10.1 Å². The molecule has 0 saturated heterocycles. The highest BCUT2D eigenvalue weighted by atomic mass is 32.2. The van der Waals surface area contributed by atoms with E-state index in [0.29, 0.717) is 24.1 Å². The molecule has 176 valence electrons. The fourth-order valence-electron chi connectivity index (χ4n) is 3.89. The van der Waals surface area contributed by atoms with Crippen molar-refractivity contribution in [2.45, 2.75) is 22.6 Å². The van der Waals surface area contributed by atoms with E-state index < -0.39 is 9.84 Å². The topological polar surface area (TPSA) is 95.6 Å². The van der Waals surface area contributed by atoms with Crippen molar-refractivity contribution in [3.05, 3.63) is 103 Å². The van der Waals surface area contributed by atoms with Gasteiger partial charge in [0.05, 0.1) is 17.7 Å². The molecule has 3 heterocycles. The Bertz CT molecular complexity index is 1610. The summed E-state index contributed by atoms with van der Waals surface area (Å²) in [6, 6.07) is 16.8. The van der Waals surface area contributed by atoms with Crippen LogP contribution in [0.2, 0.25) is 0 Å². The van der Waals surface area contributed by atoms with Crippen LogP contribution < -0.4 is 4.74 Å². The van der Waals surface area contributed by atoms with Crippen molar-refractivity contribution >= 4 is 21.3 Å². The second-order valence-corrected chi connectivity index (χ2v) is 9.88. The number of rotatable bonds is 8. The van der Waals surface area contributed by atoms with Gasteiger partial charge < -0.3 is 9.14 Å². The Morgan fingerprint density at radius 3 is 2.57 bits per heavy atom. The maximum atomic E-state index is 13.3. The summed E-state index contributed by atoms with van der Waals surface area (Å²) < 4.78 is 35.4. The predicted molar refractivity (Wildman–Crippen MR) is 130 cm³/mol. The van der Waals surface area contributed by atoms with Crippen molar-refractivity contribution in [3.8, 4) is 11.4 Å². The summed E-state index contributed by atoms with van der Waals surface area (Å²) in [6.45, 7) is 0. The first-order valence-corrected chi connectivity index (χ1v) is 12.4. The number of hydrogen-bond donors (Lipinski definition) is 0. The van der Waals surface area contributed by atoms with Crippen LogP contribution in [0.15, 0.2) is 101 Å². The first kappa shape index (κ1) is 22.5. The molecule has 3 aromatic heterocycles. The number of carbonyl (C=O) groups is 1. The molecule has 0 fully saturated rings. The molecule has 35 heavy (non-hydrogen) atoms. The summed E-state index contributed by atoms with van der Waals surface area (Å²) >= 11 is 0. The van der Waals surface area contributed by atoms with E-state index in [4.69, 9.17) is 4.74 Å². The number of pyridine rings is 1. The Balaban J connectivity index is 1.31. The van der Waals surface area contributed by atoms with Crippen LogP contribution in [0, 0.1) is 0 Å². The van der Waals surface area contributed by atoms with E-state index in [1.165, 1.54) is 13.2 Å². The molecule has 8 nitrogen and oxygen atoms in total. The molecule has 0 aliphatic heterocycles. The molecule has 0 spiro atoms. The zero-order valence-electron chi connectivity index (χ0n) is 18.9. The Kier molecular flexibility index (Phi) is 5.92. The average Bonchev–Trinajstić information content (AvgIpc) is 3.59. The van der Waals surface area contributed by atoms with Gasteiger partial charge in [0.1, 0.15) is 16.3 Å². The van der Waals surface area contributed by atoms with Gasteiger partial charge in [0.15, 0.2) is 5.78 Å². The largest absolute Gasteiger partial charge is 0.495 e. The minimum absolute atomic E-state index is 0.0132. The number of nitrogens with zero attached hydrogens (tertiary/aromatic N) is 4. The molecule has 0 unspecified atom stereocenters. The third-order valence-corrected chi connectivity index (χ3v) is 7.60. The van der Waals surface area contributed by atoms with Gasteiger partial charge in [-0.3, -0.25) is 4.79 Å². The number of imidazole rings is 1.